The maximum atomic E-state index is 4.57. The van der Waals surface area contributed by atoms with Crippen LogP contribution in [0.3, 0.4) is 0 Å². The zero-order valence-electron chi connectivity index (χ0n) is 13.9. The number of anilines is 2. The zero-order chi connectivity index (χ0) is 16.8. The van der Waals surface area contributed by atoms with E-state index in [-0.39, 0.29) is 6.04 Å². The third-order valence-corrected chi connectivity index (χ3v) is 3.72. The van der Waals surface area contributed by atoms with Gasteiger partial charge in [-0.1, -0.05) is 30.3 Å². The molecule has 24 heavy (non-hydrogen) atoms. The second-order valence-corrected chi connectivity index (χ2v) is 5.70. The highest BCUT2D eigenvalue weighted by Crippen LogP contribution is 2.18. The highest BCUT2D eigenvalue weighted by atomic mass is 15.2. The molecule has 0 saturated carbocycles. The number of aromatic nitrogens is 3. The minimum Gasteiger partial charge on any atom is -0.366 e. The lowest BCUT2D eigenvalue weighted by Crippen LogP contribution is -2.11. The van der Waals surface area contributed by atoms with Crippen LogP contribution < -0.4 is 10.6 Å². The topological polar surface area (TPSA) is 62.7 Å². The molecule has 0 fully saturated rings. The molecule has 3 rings (SSSR count). The Hall–Kier alpha value is -2.95. The van der Waals surface area contributed by atoms with Crippen LogP contribution in [0.5, 0.6) is 0 Å². The lowest BCUT2D eigenvalue weighted by molar-refractivity contribution is 0.856. The van der Waals surface area contributed by atoms with Gasteiger partial charge < -0.3 is 10.6 Å². The van der Waals surface area contributed by atoms with Crippen molar-refractivity contribution < 1.29 is 0 Å². The first kappa shape index (κ1) is 15.9. The second-order valence-electron chi connectivity index (χ2n) is 5.70. The van der Waals surface area contributed by atoms with Crippen LogP contribution in [0, 0.1) is 6.92 Å². The number of rotatable bonds is 6. The first-order chi connectivity index (χ1) is 11.7. The van der Waals surface area contributed by atoms with Gasteiger partial charge in [0.05, 0.1) is 6.04 Å². The van der Waals surface area contributed by atoms with E-state index in [2.05, 4.69) is 44.6 Å². The highest BCUT2D eigenvalue weighted by Gasteiger charge is 2.08. The summed E-state index contributed by atoms with van der Waals surface area (Å²) in [5.74, 6) is 1.44. The molecule has 0 spiro atoms. The number of pyridine rings is 1. The normalized spacial score (nSPS) is 11.8. The predicted molar refractivity (Wildman–Crippen MR) is 96.8 cm³/mol. The molecule has 0 aliphatic carbocycles. The van der Waals surface area contributed by atoms with Crippen LogP contribution in [-0.2, 0) is 6.54 Å². The summed E-state index contributed by atoms with van der Waals surface area (Å²) >= 11 is 0. The Balaban J connectivity index is 1.69. The van der Waals surface area contributed by atoms with Crippen molar-refractivity contribution in [1.82, 2.24) is 15.0 Å². The van der Waals surface area contributed by atoms with Crippen molar-refractivity contribution in [3.8, 4) is 0 Å². The Labute approximate surface area is 142 Å². The van der Waals surface area contributed by atoms with Gasteiger partial charge in [-0.15, -0.1) is 0 Å². The van der Waals surface area contributed by atoms with E-state index in [9.17, 15) is 0 Å². The summed E-state index contributed by atoms with van der Waals surface area (Å²) in [6.07, 6.45) is 3.58. The van der Waals surface area contributed by atoms with Crippen LogP contribution in [0.15, 0.2) is 60.9 Å². The Morgan fingerprint density at radius 2 is 1.75 bits per heavy atom. The molecule has 2 heterocycles. The molecule has 3 aromatic rings. The van der Waals surface area contributed by atoms with Crippen molar-refractivity contribution in [1.29, 1.82) is 0 Å². The molecule has 0 saturated heterocycles. The van der Waals surface area contributed by atoms with Crippen molar-refractivity contribution in [2.45, 2.75) is 26.4 Å². The molecular weight excluding hydrogens is 298 g/mol. The number of hydrogen-bond donors (Lipinski definition) is 2. The van der Waals surface area contributed by atoms with Gasteiger partial charge in [0.25, 0.3) is 0 Å². The largest absolute Gasteiger partial charge is 0.366 e. The minimum atomic E-state index is 0.140. The Kier molecular flexibility index (Phi) is 5.01. The Bertz CT molecular complexity index is 774. The van der Waals surface area contributed by atoms with E-state index in [1.54, 1.807) is 12.4 Å². The Morgan fingerprint density at radius 1 is 1.00 bits per heavy atom. The van der Waals surface area contributed by atoms with E-state index in [0.29, 0.717) is 12.5 Å². The smallest absolute Gasteiger partial charge is 0.225 e. The van der Waals surface area contributed by atoms with Gasteiger partial charge in [-0.3, -0.25) is 4.98 Å². The quantitative estimate of drug-likeness (QED) is 0.720. The zero-order valence-corrected chi connectivity index (χ0v) is 13.9. The molecule has 1 atom stereocenters. The first-order valence-corrected chi connectivity index (χ1v) is 8.00. The van der Waals surface area contributed by atoms with Gasteiger partial charge in [0, 0.05) is 30.7 Å². The van der Waals surface area contributed by atoms with Crippen molar-refractivity contribution in [3.05, 3.63) is 77.7 Å². The molecule has 0 bridgehead atoms. The second kappa shape index (κ2) is 7.55. The summed E-state index contributed by atoms with van der Waals surface area (Å²) in [7, 11) is 0. The first-order valence-electron chi connectivity index (χ1n) is 8.00. The summed E-state index contributed by atoms with van der Waals surface area (Å²) in [6.45, 7) is 4.77. The van der Waals surface area contributed by atoms with Crippen LogP contribution in [0.1, 0.15) is 29.8 Å². The molecule has 0 aliphatic rings. The molecule has 1 unspecified atom stereocenters. The van der Waals surface area contributed by atoms with Crippen LogP contribution in [0.2, 0.25) is 0 Å². The number of benzene rings is 1. The fourth-order valence-electron chi connectivity index (χ4n) is 2.44. The van der Waals surface area contributed by atoms with E-state index in [4.69, 9.17) is 0 Å². The van der Waals surface area contributed by atoms with Crippen molar-refractivity contribution in [2.75, 3.05) is 10.6 Å². The van der Waals surface area contributed by atoms with E-state index in [1.165, 1.54) is 5.56 Å². The summed E-state index contributed by atoms with van der Waals surface area (Å²) in [4.78, 5) is 13.1. The van der Waals surface area contributed by atoms with Crippen LogP contribution in [0.25, 0.3) is 0 Å². The lowest BCUT2D eigenvalue weighted by Gasteiger charge is -2.15. The van der Waals surface area contributed by atoms with Crippen molar-refractivity contribution in [2.24, 2.45) is 0 Å². The summed E-state index contributed by atoms with van der Waals surface area (Å²) in [5, 5.41) is 6.70. The Morgan fingerprint density at radius 3 is 2.50 bits per heavy atom. The average Bonchev–Trinajstić information content (AvgIpc) is 2.61. The molecule has 0 radical (unpaired) electrons. The van der Waals surface area contributed by atoms with E-state index < -0.39 is 0 Å². The third-order valence-electron chi connectivity index (χ3n) is 3.72. The van der Waals surface area contributed by atoms with Gasteiger partial charge in [0.1, 0.15) is 5.82 Å². The third kappa shape index (κ3) is 4.29. The standard InChI is InChI=1S/C19H21N5/c1-14-12-18(21-13-16-8-10-20-11-9-16)24-19(22-14)23-15(2)17-6-4-3-5-7-17/h3-12,15H,13H2,1-2H3,(H2,21,22,23,24). The van der Waals surface area contributed by atoms with Crippen molar-refractivity contribution >= 4 is 11.8 Å². The van der Waals surface area contributed by atoms with Gasteiger partial charge in [-0.05, 0) is 37.1 Å². The van der Waals surface area contributed by atoms with Crippen LogP contribution in [-0.4, -0.2) is 15.0 Å². The van der Waals surface area contributed by atoms with E-state index >= 15 is 0 Å². The molecule has 1 aromatic carbocycles. The lowest BCUT2D eigenvalue weighted by atomic mass is 10.1. The van der Waals surface area contributed by atoms with Gasteiger partial charge in [-0.2, -0.15) is 4.98 Å². The van der Waals surface area contributed by atoms with Gasteiger partial charge >= 0.3 is 0 Å². The monoisotopic (exact) mass is 319 g/mol. The fourth-order valence-corrected chi connectivity index (χ4v) is 2.44. The molecule has 2 N–H and O–H groups in total. The fraction of sp³-hybridized carbons (Fsp3) is 0.211. The number of hydrogen-bond acceptors (Lipinski definition) is 5. The average molecular weight is 319 g/mol. The molecule has 5 nitrogen and oxygen atoms in total. The van der Waals surface area contributed by atoms with Crippen molar-refractivity contribution in [3.63, 3.8) is 0 Å². The molecule has 0 amide bonds. The maximum absolute atomic E-state index is 4.57. The number of nitrogens with one attached hydrogen (secondary N) is 2. The molecule has 2 aromatic heterocycles. The molecular formula is C19H21N5. The summed E-state index contributed by atoms with van der Waals surface area (Å²) in [6, 6.07) is 16.3. The van der Waals surface area contributed by atoms with Crippen LogP contribution in [0.4, 0.5) is 11.8 Å². The number of aryl methyl sites for hydroxylation is 1. The summed E-state index contributed by atoms with van der Waals surface area (Å²) in [5.41, 5.74) is 3.28. The highest BCUT2D eigenvalue weighted by molar-refractivity contribution is 5.43. The minimum absolute atomic E-state index is 0.140. The van der Waals surface area contributed by atoms with E-state index in [0.717, 1.165) is 17.1 Å². The summed E-state index contributed by atoms with van der Waals surface area (Å²) < 4.78 is 0. The maximum Gasteiger partial charge on any atom is 0.225 e. The van der Waals surface area contributed by atoms with Gasteiger partial charge in [0.2, 0.25) is 5.95 Å². The predicted octanol–water partition coefficient (Wildman–Crippen LogP) is 3.97. The molecule has 122 valence electrons. The van der Waals surface area contributed by atoms with Gasteiger partial charge in [0.15, 0.2) is 0 Å². The number of nitrogens with zero attached hydrogens (tertiary/aromatic N) is 3. The van der Waals surface area contributed by atoms with E-state index in [1.807, 2.05) is 43.3 Å². The van der Waals surface area contributed by atoms with Crippen LogP contribution >= 0.6 is 0 Å². The molecule has 5 heteroatoms. The van der Waals surface area contributed by atoms with Gasteiger partial charge in [-0.25, -0.2) is 4.98 Å². The SMILES string of the molecule is Cc1cc(NCc2ccncc2)nc(NC(C)c2ccccc2)n1. The molecule has 0 aliphatic heterocycles.